The zero-order chi connectivity index (χ0) is 20.2. The van der Waals surface area contributed by atoms with Gasteiger partial charge in [0, 0.05) is 12.2 Å². The van der Waals surface area contributed by atoms with Crippen LogP contribution >= 0.6 is 0 Å². The van der Waals surface area contributed by atoms with E-state index in [9.17, 15) is 18.0 Å². The number of hydrogen-bond acceptors (Lipinski definition) is 8. The van der Waals surface area contributed by atoms with E-state index in [1.165, 1.54) is 6.92 Å². The van der Waals surface area contributed by atoms with Crippen molar-refractivity contribution in [2.75, 3.05) is 33.0 Å². The Bertz CT molecular complexity index is 561. The third kappa shape index (κ3) is 13.6. The molecule has 0 aliphatic rings. The second-order valence-electron chi connectivity index (χ2n) is 5.63. The molecule has 0 aromatic carbocycles. The second kappa shape index (κ2) is 12.6. The Kier molecular flexibility index (Phi) is 11.8. The summed E-state index contributed by atoms with van der Waals surface area (Å²) in [5.41, 5.74) is 0.230. The molecule has 0 fully saturated rings. The number of carbonyl (C=O) groups is 2. The van der Waals surface area contributed by atoms with E-state index in [1.807, 2.05) is 13.8 Å². The largest absolute Gasteiger partial charge is 0.460 e. The van der Waals surface area contributed by atoms with Crippen molar-refractivity contribution in [1.82, 2.24) is 5.32 Å². The van der Waals surface area contributed by atoms with Gasteiger partial charge >= 0.3 is 22.5 Å². The van der Waals surface area contributed by atoms with Crippen molar-refractivity contribution in [3.63, 3.8) is 0 Å². The smallest absolute Gasteiger partial charge is 0.407 e. The first-order valence-corrected chi connectivity index (χ1v) is 9.38. The molecule has 1 amide bonds. The number of alkyl carbamates (subject to hydrolysis) is 1. The normalized spacial score (nSPS) is 13.5. The maximum Gasteiger partial charge on any atom is 0.407 e. The van der Waals surface area contributed by atoms with Crippen LogP contribution in [0.2, 0.25) is 0 Å². The van der Waals surface area contributed by atoms with Crippen LogP contribution in [-0.2, 0) is 33.6 Å². The van der Waals surface area contributed by atoms with Gasteiger partial charge in [-0.3, -0.25) is 4.55 Å². The minimum absolute atomic E-state index is 0.0164. The molecular formula is C15H27NO9S. The van der Waals surface area contributed by atoms with Crippen molar-refractivity contribution in [1.29, 1.82) is 0 Å². The number of carbonyl (C=O) groups excluding carboxylic acids is 2. The lowest BCUT2D eigenvalue weighted by molar-refractivity contribution is -0.138. The Morgan fingerprint density at radius 1 is 1.23 bits per heavy atom. The van der Waals surface area contributed by atoms with Crippen LogP contribution in [0.1, 0.15) is 27.2 Å². The highest BCUT2D eigenvalue weighted by atomic mass is 32.3. The molecule has 0 rings (SSSR count). The zero-order valence-electron chi connectivity index (χ0n) is 15.2. The molecule has 0 aliphatic carbocycles. The first-order chi connectivity index (χ1) is 12.0. The summed E-state index contributed by atoms with van der Waals surface area (Å²) in [6, 6.07) is 0. The lowest BCUT2D eigenvalue weighted by Crippen LogP contribution is -2.36. The van der Waals surface area contributed by atoms with Crippen LogP contribution in [0.5, 0.6) is 0 Å². The average molecular weight is 397 g/mol. The van der Waals surface area contributed by atoms with Gasteiger partial charge in [-0.1, -0.05) is 26.8 Å². The third-order valence-corrected chi connectivity index (χ3v) is 3.47. The molecule has 10 nitrogen and oxygen atoms in total. The molecule has 26 heavy (non-hydrogen) atoms. The van der Waals surface area contributed by atoms with Gasteiger partial charge in [0.25, 0.3) is 0 Å². The summed E-state index contributed by atoms with van der Waals surface area (Å²) in [6.45, 7) is 8.42. The quantitative estimate of drug-likeness (QED) is 0.202. The van der Waals surface area contributed by atoms with E-state index in [2.05, 4.69) is 16.1 Å². The predicted octanol–water partition coefficient (Wildman–Crippen LogP) is 1.08. The van der Waals surface area contributed by atoms with E-state index in [0.29, 0.717) is 6.61 Å². The Balaban J connectivity index is 4.33. The molecular weight excluding hydrogens is 370 g/mol. The molecule has 152 valence electrons. The van der Waals surface area contributed by atoms with E-state index < -0.39 is 35.2 Å². The van der Waals surface area contributed by atoms with Gasteiger partial charge in [0.15, 0.2) is 6.10 Å². The molecule has 0 heterocycles. The van der Waals surface area contributed by atoms with Crippen LogP contribution in [0.3, 0.4) is 0 Å². The van der Waals surface area contributed by atoms with E-state index >= 15 is 0 Å². The topological polar surface area (TPSA) is 137 Å². The van der Waals surface area contributed by atoms with Crippen LogP contribution in [0, 0.1) is 5.92 Å². The van der Waals surface area contributed by atoms with E-state index in [-0.39, 0.29) is 31.2 Å². The van der Waals surface area contributed by atoms with Gasteiger partial charge in [0.05, 0.1) is 13.2 Å². The molecule has 11 heteroatoms. The summed E-state index contributed by atoms with van der Waals surface area (Å²) >= 11 is 0. The molecule has 0 aliphatic heterocycles. The van der Waals surface area contributed by atoms with Crippen LogP contribution < -0.4 is 5.32 Å². The standard InChI is InChI=1S/C15H27NO9S/c1-5-12(4)8-22-9-13(10-24-26(19,20)21)25-15(18)16-6-7-23-14(17)11(2)3/h12-13H,2,5-10H2,1,3-4H3,(H,16,18)(H,19,20,21). The van der Waals surface area contributed by atoms with Gasteiger partial charge < -0.3 is 19.5 Å². The first-order valence-electron chi connectivity index (χ1n) is 8.01. The third-order valence-electron chi connectivity index (χ3n) is 3.03. The number of nitrogens with one attached hydrogen (secondary N) is 1. The van der Waals surface area contributed by atoms with Gasteiger partial charge in [0.1, 0.15) is 13.2 Å². The maximum absolute atomic E-state index is 11.7. The number of hydrogen-bond donors (Lipinski definition) is 2. The summed E-state index contributed by atoms with van der Waals surface area (Å²) < 4.78 is 49.3. The highest BCUT2D eigenvalue weighted by molar-refractivity contribution is 7.80. The molecule has 0 saturated carbocycles. The van der Waals surface area contributed by atoms with Crippen molar-refractivity contribution in [2.24, 2.45) is 5.92 Å². The zero-order valence-corrected chi connectivity index (χ0v) is 16.0. The molecule has 0 radical (unpaired) electrons. The van der Waals surface area contributed by atoms with E-state index in [0.717, 1.165) is 6.42 Å². The fourth-order valence-electron chi connectivity index (χ4n) is 1.41. The van der Waals surface area contributed by atoms with Gasteiger partial charge in [-0.15, -0.1) is 0 Å². The van der Waals surface area contributed by atoms with Crippen molar-refractivity contribution < 1.29 is 41.0 Å². The minimum atomic E-state index is -4.67. The van der Waals surface area contributed by atoms with Gasteiger partial charge in [-0.2, -0.15) is 8.42 Å². The molecule has 2 atom stereocenters. The Morgan fingerprint density at radius 2 is 1.88 bits per heavy atom. The van der Waals surface area contributed by atoms with Crippen molar-refractivity contribution in [3.8, 4) is 0 Å². The Morgan fingerprint density at radius 3 is 2.42 bits per heavy atom. The van der Waals surface area contributed by atoms with Crippen LogP contribution in [-0.4, -0.2) is 64.1 Å². The predicted molar refractivity (Wildman–Crippen MR) is 91.8 cm³/mol. The summed E-state index contributed by atoms with van der Waals surface area (Å²) in [5.74, 6) is -0.312. The Hall–Kier alpha value is -1.69. The van der Waals surface area contributed by atoms with Gasteiger partial charge in [-0.25, -0.2) is 13.8 Å². The fraction of sp³-hybridized carbons (Fsp3) is 0.733. The molecule has 0 bridgehead atoms. The summed E-state index contributed by atoms with van der Waals surface area (Å²) in [6.07, 6.45) is -1.05. The Labute approximate surface area is 153 Å². The first kappa shape index (κ1) is 24.3. The van der Waals surface area contributed by atoms with Crippen molar-refractivity contribution in [2.45, 2.75) is 33.3 Å². The number of rotatable bonds is 13. The van der Waals surface area contributed by atoms with Crippen LogP contribution in [0.25, 0.3) is 0 Å². The van der Waals surface area contributed by atoms with Gasteiger partial charge in [-0.05, 0) is 12.8 Å². The van der Waals surface area contributed by atoms with Crippen molar-refractivity contribution in [3.05, 3.63) is 12.2 Å². The number of esters is 1. The lowest BCUT2D eigenvalue weighted by atomic mass is 10.1. The molecule has 0 aromatic rings. The molecule has 0 saturated heterocycles. The highest BCUT2D eigenvalue weighted by Crippen LogP contribution is 2.04. The molecule has 2 N–H and O–H groups in total. The van der Waals surface area contributed by atoms with E-state index in [1.54, 1.807) is 0 Å². The van der Waals surface area contributed by atoms with Crippen LogP contribution in [0.15, 0.2) is 12.2 Å². The van der Waals surface area contributed by atoms with Crippen LogP contribution in [0.4, 0.5) is 4.79 Å². The van der Waals surface area contributed by atoms with Crippen molar-refractivity contribution >= 4 is 22.5 Å². The maximum atomic E-state index is 11.7. The monoisotopic (exact) mass is 397 g/mol. The lowest BCUT2D eigenvalue weighted by Gasteiger charge is -2.18. The summed E-state index contributed by atoms with van der Waals surface area (Å²) in [5, 5.41) is 2.32. The molecule has 0 aromatic heterocycles. The number of amides is 1. The van der Waals surface area contributed by atoms with Gasteiger partial charge in [0.2, 0.25) is 0 Å². The average Bonchev–Trinajstić information content (AvgIpc) is 2.55. The van der Waals surface area contributed by atoms with E-state index in [4.69, 9.17) is 18.8 Å². The summed E-state index contributed by atoms with van der Waals surface area (Å²) in [7, 11) is -4.67. The molecule has 2 unspecified atom stereocenters. The minimum Gasteiger partial charge on any atom is -0.460 e. The number of ether oxygens (including phenoxy) is 3. The molecule has 0 spiro atoms. The second-order valence-corrected chi connectivity index (χ2v) is 6.72. The summed E-state index contributed by atoms with van der Waals surface area (Å²) in [4.78, 5) is 22.9. The SMILES string of the molecule is C=C(C)C(=O)OCCNC(=O)OC(COCC(C)CC)COS(=O)(=O)O. The fourth-order valence-corrected chi connectivity index (χ4v) is 1.73. The highest BCUT2D eigenvalue weighted by Gasteiger charge is 2.19.